The van der Waals surface area contributed by atoms with E-state index in [1.54, 1.807) is 24.3 Å². The number of amides is 1. The summed E-state index contributed by atoms with van der Waals surface area (Å²) in [7, 11) is 0. The number of aromatic nitrogens is 1. The average molecular weight is 349 g/mol. The second-order valence-electron chi connectivity index (χ2n) is 4.51. The van der Waals surface area contributed by atoms with Gasteiger partial charge in [-0.15, -0.1) is 0 Å². The quantitative estimate of drug-likeness (QED) is 0.656. The summed E-state index contributed by atoms with van der Waals surface area (Å²) >= 11 is 13.2. The van der Waals surface area contributed by atoms with Crippen molar-refractivity contribution in [1.82, 2.24) is 4.98 Å². The summed E-state index contributed by atoms with van der Waals surface area (Å²) in [5, 5.41) is 4.56. The predicted molar refractivity (Wildman–Crippen MR) is 93.7 cm³/mol. The number of rotatable bonds is 3. The summed E-state index contributed by atoms with van der Waals surface area (Å²) < 4.78 is 0.932. The number of carbonyl (C=O) groups excluding carboxylic acids is 1. The van der Waals surface area contributed by atoms with Crippen LogP contribution in [0.1, 0.15) is 5.56 Å². The first kappa shape index (κ1) is 15.0. The van der Waals surface area contributed by atoms with Crippen LogP contribution in [0.25, 0.3) is 16.3 Å². The van der Waals surface area contributed by atoms with Crippen LogP contribution in [-0.2, 0) is 4.79 Å². The van der Waals surface area contributed by atoms with Crippen molar-refractivity contribution in [3.8, 4) is 0 Å². The van der Waals surface area contributed by atoms with Crippen molar-refractivity contribution in [3.63, 3.8) is 0 Å². The smallest absolute Gasteiger partial charge is 0.250 e. The van der Waals surface area contributed by atoms with Crippen LogP contribution in [0.4, 0.5) is 5.13 Å². The maximum atomic E-state index is 11.9. The molecule has 0 aliphatic heterocycles. The van der Waals surface area contributed by atoms with E-state index in [2.05, 4.69) is 10.3 Å². The highest BCUT2D eigenvalue weighted by molar-refractivity contribution is 7.22. The molecule has 1 N–H and O–H groups in total. The molecule has 0 radical (unpaired) electrons. The van der Waals surface area contributed by atoms with Crippen LogP contribution in [-0.4, -0.2) is 10.9 Å². The normalized spacial score (nSPS) is 11.2. The largest absolute Gasteiger partial charge is 0.298 e. The van der Waals surface area contributed by atoms with E-state index in [9.17, 15) is 4.79 Å². The highest BCUT2D eigenvalue weighted by Gasteiger charge is 2.06. The average Bonchev–Trinajstić information content (AvgIpc) is 2.86. The summed E-state index contributed by atoms with van der Waals surface area (Å²) in [6, 6.07) is 12.7. The number of nitrogens with zero attached hydrogens (tertiary/aromatic N) is 1. The van der Waals surface area contributed by atoms with Crippen molar-refractivity contribution >= 4 is 61.9 Å². The predicted octanol–water partition coefficient (Wildman–Crippen LogP) is 5.26. The molecule has 3 aromatic rings. The van der Waals surface area contributed by atoms with Crippen LogP contribution in [0.3, 0.4) is 0 Å². The van der Waals surface area contributed by atoms with Gasteiger partial charge in [0.2, 0.25) is 5.91 Å². The number of anilines is 1. The zero-order valence-corrected chi connectivity index (χ0v) is 13.5. The van der Waals surface area contributed by atoms with Gasteiger partial charge in [-0.3, -0.25) is 10.1 Å². The van der Waals surface area contributed by atoms with Gasteiger partial charge in [-0.05, 0) is 42.0 Å². The number of fused-ring (bicyclic) bond motifs is 1. The monoisotopic (exact) mass is 348 g/mol. The molecule has 0 atom stereocenters. The zero-order chi connectivity index (χ0) is 15.5. The Bertz CT molecular complexity index is 873. The van der Waals surface area contributed by atoms with Crippen LogP contribution in [0.15, 0.2) is 48.5 Å². The lowest BCUT2D eigenvalue weighted by Crippen LogP contribution is -2.07. The van der Waals surface area contributed by atoms with Crippen molar-refractivity contribution < 1.29 is 4.79 Å². The standard InChI is InChI=1S/C16H10Cl2N2OS/c17-11-3-1-2-10(8-11)4-7-15(21)20-16-19-13-6-5-12(18)9-14(13)22-16/h1-9H,(H,19,20,21). The van der Waals surface area contributed by atoms with Crippen molar-refractivity contribution in [1.29, 1.82) is 0 Å². The topological polar surface area (TPSA) is 42.0 Å². The lowest BCUT2D eigenvalue weighted by atomic mass is 10.2. The Morgan fingerprint density at radius 2 is 1.95 bits per heavy atom. The lowest BCUT2D eigenvalue weighted by molar-refractivity contribution is -0.111. The summed E-state index contributed by atoms with van der Waals surface area (Å²) in [6.45, 7) is 0. The van der Waals surface area contributed by atoms with Crippen molar-refractivity contribution in [2.75, 3.05) is 5.32 Å². The number of carbonyl (C=O) groups is 1. The molecule has 0 saturated heterocycles. The SMILES string of the molecule is O=C(C=Cc1cccc(Cl)c1)Nc1nc2ccc(Cl)cc2s1. The second kappa shape index (κ2) is 6.48. The van der Waals surface area contributed by atoms with Crippen molar-refractivity contribution in [2.24, 2.45) is 0 Å². The van der Waals surface area contributed by atoms with Gasteiger partial charge in [-0.1, -0.05) is 46.7 Å². The van der Waals surface area contributed by atoms with Gasteiger partial charge in [-0.2, -0.15) is 0 Å². The third-order valence-electron chi connectivity index (χ3n) is 2.86. The molecule has 6 heteroatoms. The summed E-state index contributed by atoms with van der Waals surface area (Å²) in [5.74, 6) is -0.245. The van der Waals surface area contributed by atoms with E-state index >= 15 is 0 Å². The van der Waals surface area contributed by atoms with Gasteiger partial charge in [0.05, 0.1) is 10.2 Å². The van der Waals surface area contributed by atoms with Crippen LogP contribution in [0, 0.1) is 0 Å². The molecule has 1 heterocycles. The van der Waals surface area contributed by atoms with E-state index in [-0.39, 0.29) is 5.91 Å². The van der Waals surface area contributed by atoms with Gasteiger partial charge in [0.15, 0.2) is 5.13 Å². The molecular weight excluding hydrogens is 339 g/mol. The molecule has 3 rings (SSSR count). The van der Waals surface area contributed by atoms with E-state index in [4.69, 9.17) is 23.2 Å². The summed E-state index contributed by atoms with van der Waals surface area (Å²) in [5.41, 5.74) is 1.67. The van der Waals surface area contributed by atoms with Crippen LogP contribution in [0.2, 0.25) is 10.0 Å². The van der Waals surface area contributed by atoms with E-state index < -0.39 is 0 Å². The van der Waals surface area contributed by atoms with E-state index in [1.165, 1.54) is 17.4 Å². The number of nitrogens with one attached hydrogen (secondary N) is 1. The molecule has 0 spiro atoms. The Kier molecular flexibility index (Phi) is 4.43. The van der Waals surface area contributed by atoms with E-state index in [0.717, 1.165) is 15.8 Å². The van der Waals surface area contributed by atoms with Gasteiger partial charge in [0, 0.05) is 16.1 Å². The first-order valence-electron chi connectivity index (χ1n) is 6.41. The van der Waals surface area contributed by atoms with Crippen LogP contribution in [0.5, 0.6) is 0 Å². The molecule has 0 saturated carbocycles. The Morgan fingerprint density at radius 3 is 2.77 bits per heavy atom. The molecule has 0 unspecified atom stereocenters. The summed E-state index contributed by atoms with van der Waals surface area (Å²) in [6.07, 6.45) is 3.15. The molecule has 0 aliphatic carbocycles. The molecule has 0 aliphatic rings. The minimum Gasteiger partial charge on any atom is -0.298 e. The number of benzene rings is 2. The fraction of sp³-hybridized carbons (Fsp3) is 0. The van der Waals surface area contributed by atoms with Crippen LogP contribution >= 0.6 is 34.5 Å². The molecule has 0 bridgehead atoms. The van der Waals surface area contributed by atoms with Gasteiger partial charge < -0.3 is 0 Å². The lowest BCUT2D eigenvalue weighted by Gasteiger charge is -1.96. The molecule has 22 heavy (non-hydrogen) atoms. The molecule has 2 aromatic carbocycles. The van der Waals surface area contributed by atoms with Crippen molar-refractivity contribution in [2.45, 2.75) is 0 Å². The van der Waals surface area contributed by atoms with Crippen molar-refractivity contribution in [3.05, 3.63) is 64.1 Å². The molecule has 3 nitrogen and oxygen atoms in total. The second-order valence-corrected chi connectivity index (χ2v) is 6.41. The Labute approximate surface area is 141 Å². The third-order valence-corrected chi connectivity index (χ3v) is 4.26. The van der Waals surface area contributed by atoms with Crippen LogP contribution < -0.4 is 5.32 Å². The number of hydrogen-bond acceptors (Lipinski definition) is 3. The van der Waals surface area contributed by atoms with Gasteiger partial charge >= 0.3 is 0 Å². The number of thiazole rings is 1. The fourth-order valence-electron chi connectivity index (χ4n) is 1.88. The minimum atomic E-state index is -0.245. The Hall–Kier alpha value is -1.88. The molecule has 1 aromatic heterocycles. The maximum absolute atomic E-state index is 11.9. The number of halogens is 2. The first-order chi connectivity index (χ1) is 10.6. The minimum absolute atomic E-state index is 0.245. The first-order valence-corrected chi connectivity index (χ1v) is 7.98. The Morgan fingerprint density at radius 1 is 1.14 bits per heavy atom. The zero-order valence-electron chi connectivity index (χ0n) is 11.2. The highest BCUT2D eigenvalue weighted by Crippen LogP contribution is 2.28. The fourth-order valence-corrected chi connectivity index (χ4v) is 3.22. The number of hydrogen-bond donors (Lipinski definition) is 1. The van der Waals surface area contributed by atoms with Gasteiger partial charge in [0.1, 0.15) is 0 Å². The molecular formula is C16H10Cl2N2OS. The molecule has 110 valence electrons. The van der Waals surface area contributed by atoms with E-state index in [0.29, 0.717) is 15.2 Å². The molecule has 1 amide bonds. The maximum Gasteiger partial charge on any atom is 0.250 e. The Balaban J connectivity index is 1.72. The van der Waals surface area contributed by atoms with Gasteiger partial charge in [0.25, 0.3) is 0 Å². The molecule has 0 fully saturated rings. The highest BCUT2D eigenvalue weighted by atomic mass is 35.5. The van der Waals surface area contributed by atoms with E-state index in [1.807, 2.05) is 24.3 Å². The third kappa shape index (κ3) is 3.65. The van der Waals surface area contributed by atoms with Gasteiger partial charge in [-0.25, -0.2) is 4.98 Å². The summed E-state index contributed by atoms with van der Waals surface area (Å²) in [4.78, 5) is 16.3.